The lowest BCUT2D eigenvalue weighted by atomic mass is 10.2. The van der Waals surface area contributed by atoms with Crippen molar-refractivity contribution in [3.63, 3.8) is 0 Å². The molecule has 0 radical (unpaired) electrons. The van der Waals surface area contributed by atoms with Crippen molar-refractivity contribution in [2.75, 3.05) is 19.0 Å². The smallest absolute Gasteiger partial charge is 0.348 e. The van der Waals surface area contributed by atoms with Gasteiger partial charge < -0.3 is 14.8 Å². The number of anilines is 1. The first-order chi connectivity index (χ1) is 11.4. The Kier molecular flexibility index (Phi) is 5.72. The Bertz CT molecular complexity index is 791. The molecule has 1 aromatic heterocycles. The van der Waals surface area contributed by atoms with E-state index in [1.165, 1.54) is 37.4 Å². The van der Waals surface area contributed by atoms with Crippen LogP contribution < -0.4 is 10.1 Å². The van der Waals surface area contributed by atoms with Crippen molar-refractivity contribution in [1.29, 1.82) is 0 Å². The Balaban J connectivity index is 1.99. The Hall–Kier alpha value is -2.65. The summed E-state index contributed by atoms with van der Waals surface area (Å²) in [6.07, 6.45) is 0. The Morgan fingerprint density at radius 3 is 2.67 bits per heavy atom. The molecule has 0 bridgehead atoms. The Morgan fingerprint density at radius 1 is 1.33 bits per heavy atom. The first-order valence-corrected chi connectivity index (χ1v) is 7.65. The van der Waals surface area contributed by atoms with Crippen molar-refractivity contribution in [2.45, 2.75) is 0 Å². The normalized spacial score (nSPS) is 10.1. The second-order valence-corrected chi connectivity index (χ2v) is 6.08. The zero-order valence-corrected chi connectivity index (χ0v) is 13.8. The van der Waals surface area contributed by atoms with Crippen LogP contribution in [0.5, 0.6) is 5.75 Å². The molecule has 0 unspecified atom stereocenters. The van der Waals surface area contributed by atoms with Crippen LogP contribution in [0.1, 0.15) is 9.67 Å². The zero-order chi connectivity index (χ0) is 17.7. The molecule has 1 heterocycles. The summed E-state index contributed by atoms with van der Waals surface area (Å²) in [4.78, 5) is 34.1. The molecule has 0 saturated heterocycles. The number of methoxy groups -OCH3 is 1. The number of amides is 1. The van der Waals surface area contributed by atoms with Crippen LogP contribution in [0.4, 0.5) is 11.4 Å². The van der Waals surface area contributed by atoms with Crippen LogP contribution >= 0.6 is 22.9 Å². The van der Waals surface area contributed by atoms with Gasteiger partial charge in [-0.05, 0) is 24.3 Å². The predicted octanol–water partition coefficient (Wildman–Crippen LogP) is 3.11. The minimum atomic E-state index is -0.709. The number of ether oxygens (including phenoxy) is 2. The number of hydrogen-bond donors (Lipinski definition) is 1. The number of nitro benzene ring substituents is 1. The van der Waals surface area contributed by atoms with E-state index in [-0.39, 0.29) is 22.0 Å². The van der Waals surface area contributed by atoms with Crippen LogP contribution in [-0.4, -0.2) is 30.5 Å². The molecule has 0 spiro atoms. The van der Waals surface area contributed by atoms with Crippen molar-refractivity contribution in [3.8, 4) is 5.75 Å². The number of hydrogen-bond acceptors (Lipinski definition) is 7. The molecular weight excluding hydrogens is 360 g/mol. The third-order valence-corrected chi connectivity index (χ3v) is 4.00. The number of halogens is 1. The summed E-state index contributed by atoms with van der Waals surface area (Å²) < 4.78 is 10.1. The lowest BCUT2D eigenvalue weighted by Gasteiger charge is -2.08. The van der Waals surface area contributed by atoms with Gasteiger partial charge in [0.05, 0.1) is 22.4 Å². The Labute approximate surface area is 145 Å². The summed E-state index contributed by atoms with van der Waals surface area (Å²) >= 11 is 6.72. The minimum Gasteiger partial charge on any atom is -0.496 e. The molecule has 8 nitrogen and oxygen atoms in total. The highest BCUT2D eigenvalue weighted by atomic mass is 35.5. The van der Waals surface area contributed by atoms with E-state index in [1.54, 1.807) is 0 Å². The highest BCUT2D eigenvalue weighted by Gasteiger charge is 2.18. The van der Waals surface area contributed by atoms with Crippen molar-refractivity contribution >= 4 is 46.2 Å². The number of carbonyl (C=O) groups excluding carboxylic acids is 2. The molecule has 0 aliphatic heterocycles. The average molecular weight is 371 g/mol. The van der Waals surface area contributed by atoms with E-state index >= 15 is 0 Å². The van der Waals surface area contributed by atoms with E-state index < -0.39 is 23.4 Å². The van der Waals surface area contributed by atoms with E-state index in [9.17, 15) is 19.7 Å². The standard InChI is InChI=1S/C14H11ClN2O6S/c1-22-8-2-3-9(10(6-8)17(20)21)16-13(18)7-23-14(19)11-4-5-12(15)24-11/h2-6H,7H2,1H3,(H,16,18). The molecule has 1 amide bonds. The van der Waals surface area contributed by atoms with Gasteiger partial charge in [0.25, 0.3) is 11.6 Å². The molecule has 10 heteroatoms. The maximum absolute atomic E-state index is 11.8. The van der Waals surface area contributed by atoms with Crippen LogP contribution in [0.15, 0.2) is 30.3 Å². The maximum atomic E-state index is 11.8. The van der Waals surface area contributed by atoms with Crippen LogP contribution in [0.25, 0.3) is 0 Å². The monoisotopic (exact) mass is 370 g/mol. The fourth-order valence-electron chi connectivity index (χ4n) is 1.71. The van der Waals surface area contributed by atoms with Gasteiger partial charge in [-0.1, -0.05) is 11.6 Å². The second kappa shape index (κ2) is 7.75. The summed E-state index contributed by atoms with van der Waals surface area (Å²) in [6.45, 7) is -0.586. The first-order valence-electron chi connectivity index (χ1n) is 6.45. The van der Waals surface area contributed by atoms with Gasteiger partial charge in [0.2, 0.25) is 0 Å². The number of nitrogens with one attached hydrogen (secondary N) is 1. The largest absolute Gasteiger partial charge is 0.496 e. The van der Waals surface area contributed by atoms with Crippen molar-refractivity contribution in [2.24, 2.45) is 0 Å². The molecule has 2 aromatic rings. The molecule has 1 N–H and O–H groups in total. The number of rotatable bonds is 6. The minimum absolute atomic E-state index is 0.0268. The first kappa shape index (κ1) is 17.7. The number of carbonyl (C=O) groups is 2. The predicted molar refractivity (Wildman–Crippen MR) is 87.9 cm³/mol. The highest BCUT2D eigenvalue weighted by Crippen LogP contribution is 2.29. The van der Waals surface area contributed by atoms with E-state index in [0.29, 0.717) is 4.34 Å². The molecule has 0 atom stereocenters. The second-order valence-electron chi connectivity index (χ2n) is 4.37. The number of nitrogens with zero attached hydrogens (tertiary/aromatic N) is 1. The molecule has 0 fully saturated rings. The zero-order valence-electron chi connectivity index (χ0n) is 12.3. The number of esters is 1. The fourth-order valence-corrected chi connectivity index (χ4v) is 2.64. The molecule has 24 heavy (non-hydrogen) atoms. The average Bonchev–Trinajstić information content (AvgIpc) is 2.99. The molecule has 0 saturated carbocycles. The van der Waals surface area contributed by atoms with Crippen molar-refractivity contribution in [3.05, 3.63) is 49.7 Å². The quantitative estimate of drug-likeness (QED) is 0.475. The van der Waals surface area contributed by atoms with E-state index in [1.807, 2.05) is 0 Å². The van der Waals surface area contributed by atoms with Crippen LogP contribution in [-0.2, 0) is 9.53 Å². The molecule has 1 aromatic carbocycles. The van der Waals surface area contributed by atoms with Gasteiger partial charge in [-0.2, -0.15) is 0 Å². The van der Waals surface area contributed by atoms with Crippen molar-refractivity contribution in [1.82, 2.24) is 0 Å². The summed E-state index contributed by atoms with van der Waals surface area (Å²) in [5, 5.41) is 13.3. The molecule has 2 rings (SSSR count). The van der Waals surface area contributed by atoms with E-state index in [4.69, 9.17) is 21.1 Å². The van der Waals surface area contributed by atoms with Gasteiger partial charge in [-0.25, -0.2) is 4.79 Å². The molecule has 0 aliphatic rings. The molecule has 0 aliphatic carbocycles. The topological polar surface area (TPSA) is 108 Å². The van der Waals surface area contributed by atoms with Crippen LogP contribution in [0, 0.1) is 10.1 Å². The van der Waals surface area contributed by atoms with Gasteiger partial charge in [-0.15, -0.1) is 11.3 Å². The fraction of sp³-hybridized carbons (Fsp3) is 0.143. The van der Waals surface area contributed by atoms with Gasteiger partial charge in [0.15, 0.2) is 6.61 Å². The summed E-state index contributed by atoms with van der Waals surface area (Å²) in [5.74, 6) is -1.13. The van der Waals surface area contributed by atoms with E-state index in [0.717, 1.165) is 11.3 Å². The van der Waals surface area contributed by atoms with Gasteiger partial charge >= 0.3 is 5.97 Å². The number of thiophene rings is 1. The maximum Gasteiger partial charge on any atom is 0.348 e. The van der Waals surface area contributed by atoms with Crippen molar-refractivity contribution < 1.29 is 24.0 Å². The number of nitro groups is 1. The third-order valence-electron chi connectivity index (χ3n) is 2.78. The number of benzene rings is 1. The Morgan fingerprint density at radius 2 is 2.08 bits per heavy atom. The summed E-state index contributed by atoms with van der Waals surface area (Å²) in [5.41, 5.74) is -0.361. The molecule has 126 valence electrons. The van der Waals surface area contributed by atoms with Gasteiger partial charge in [0.1, 0.15) is 16.3 Å². The third kappa shape index (κ3) is 4.43. The van der Waals surface area contributed by atoms with E-state index in [2.05, 4.69) is 5.32 Å². The highest BCUT2D eigenvalue weighted by molar-refractivity contribution is 7.17. The SMILES string of the molecule is COc1ccc(NC(=O)COC(=O)c2ccc(Cl)s2)c([N+](=O)[O-])c1. The van der Waals surface area contributed by atoms with Gasteiger partial charge in [0, 0.05) is 0 Å². The summed E-state index contributed by atoms with van der Waals surface area (Å²) in [6, 6.07) is 6.97. The van der Waals surface area contributed by atoms with Gasteiger partial charge in [-0.3, -0.25) is 14.9 Å². The van der Waals surface area contributed by atoms with Crippen LogP contribution in [0.2, 0.25) is 4.34 Å². The van der Waals surface area contributed by atoms with Crippen LogP contribution in [0.3, 0.4) is 0 Å². The lowest BCUT2D eigenvalue weighted by molar-refractivity contribution is -0.384. The lowest BCUT2D eigenvalue weighted by Crippen LogP contribution is -2.21. The molecular formula is C14H11ClN2O6S. The summed E-state index contributed by atoms with van der Waals surface area (Å²) in [7, 11) is 1.37.